The van der Waals surface area contributed by atoms with E-state index in [1.165, 1.54) is 40.7 Å². The Hall–Kier alpha value is -2.50. The molecule has 186 valence electrons. The number of hydrogen-bond acceptors (Lipinski definition) is 3. The van der Waals surface area contributed by atoms with Crippen molar-refractivity contribution >= 4 is 22.7 Å². The smallest absolute Gasteiger partial charge is 0.269 e. The fourth-order valence-electron chi connectivity index (χ4n) is 5.23. The average molecular weight is 538 g/mol. The van der Waals surface area contributed by atoms with Crippen LogP contribution >= 0.6 is 17.0 Å². The number of nitrogens with zero attached hydrogens (tertiary/aromatic N) is 1. The van der Waals surface area contributed by atoms with Gasteiger partial charge in [-0.2, -0.15) is 0 Å². The van der Waals surface area contributed by atoms with Crippen LogP contribution in [0, 0.1) is 24.0 Å². The number of nitrogens with one attached hydrogen (secondary N) is 1. The SMILES string of the molecule is Br.Cc1ccc(C(CCCNC2CCC(c3ccc([N+](=O)[O-])cc3)CC2)c2ccc(C)cc2)cc1. The lowest BCUT2D eigenvalue weighted by atomic mass is 9.81. The summed E-state index contributed by atoms with van der Waals surface area (Å²) in [5.41, 5.74) is 6.82. The van der Waals surface area contributed by atoms with Gasteiger partial charge in [0.2, 0.25) is 0 Å². The van der Waals surface area contributed by atoms with Gasteiger partial charge in [0.15, 0.2) is 0 Å². The lowest BCUT2D eigenvalue weighted by molar-refractivity contribution is -0.384. The van der Waals surface area contributed by atoms with Crippen molar-refractivity contribution in [3.63, 3.8) is 0 Å². The molecule has 1 fully saturated rings. The van der Waals surface area contributed by atoms with Crippen LogP contribution in [0.1, 0.15) is 78.2 Å². The average Bonchev–Trinajstić information content (AvgIpc) is 2.86. The number of benzene rings is 3. The Kier molecular flexibility index (Phi) is 10.1. The first kappa shape index (κ1) is 27.1. The lowest BCUT2D eigenvalue weighted by Gasteiger charge is -2.29. The Morgan fingerprint density at radius 3 is 1.83 bits per heavy atom. The van der Waals surface area contributed by atoms with Crippen molar-refractivity contribution < 1.29 is 4.92 Å². The van der Waals surface area contributed by atoms with Crippen molar-refractivity contribution in [2.75, 3.05) is 6.54 Å². The van der Waals surface area contributed by atoms with E-state index in [9.17, 15) is 10.1 Å². The van der Waals surface area contributed by atoms with Gasteiger partial charge in [-0.05, 0) is 81.5 Å². The fraction of sp³-hybridized carbons (Fsp3) is 0.400. The van der Waals surface area contributed by atoms with Crippen molar-refractivity contribution in [2.45, 2.75) is 70.3 Å². The van der Waals surface area contributed by atoms with E-state index < -0.39 is 0 Å². The number of rotatable bonds is 9. The number of halogens is 1. The van der Waals surface area contributed by atoms with E-state index in [1.54, 1.807) is 12.1 Å². The molecule has 0 unspecified atom stereocenters. The first-order chi connectivity index (χ1) is 16.5. The van der Waals surface area contributed by atoms with Crippen LogP contribution in [0.3, 0.4) is 0 Å². The molecule has 1 aliphatic carbocycles. The van der Waals surface area contributed by atoms with Crippen molar-refractivity contribution in [3.8, 4) is 0 Å². The third kappa shape index (κ3) is 7.49. The van der Waals surface area contributed by atoms with Crippen molar-refractivity contribution in [1.82, 2.24) is 5.32 Å². The molecule has 35 heavy (non-hydrogen) atoms. The van der Waals surface area contributed by atoms with Crippen molar-refractivity contribution in [2.24, 2.45) is 0 Å². The first-order valence-electron chi connectivity index (χ1n) is 12.6. The van der Waals surface area contributed by atoms with E-state index in [0.29, 0.717) is 17.9 Å². The third-order valence-electron chi connectivity index (χ3n) is 7.36. The number of nitro benzene ring substituents is 1. The highest BCUT2D eigenvalue weighted by molar-refractivity contribution is 8.93. The minimum absolute atomic E-state index is 0. The quantitative estimate of drug-likeness (QED) is 0.171. The molecule has 0 heterocycles. The molecule has 4 rings (SSSR count). The van der Waals surface area contributed by atoms with Crippen LogP contribution < -0.4 is 5.32 Å². The van der Waals surface area contributed by atoms with E-state index in [1.807, 2.05) is 12.1 Å². The summed E-state index contributed by atoms with van der Waals surface area (Å²) in [6, 6.07) is 25.7. The summed E-state index contributed by atoms with van der Waals surface area (Å²) in [5.74, 6) is 0.951. The molecule has 0 bridgehead atoms. The highest BCUT2D eigenvalue weighted by Crippen LogP contribution is 2.34. The van der Waals surface area contributed by atoms with Crippen LogP contribution in [0.2, 0.25) is 0 Å². The minimum atomic E-state index is -0.327. The van der Waals surface area contributed by atoms with Gasteiger partial charge in [0, 0.05) is 24.1 Å². The highest BCUT2D eigenvalue weighted by Gasteiger charge is 2.22. The molecule has 0 aromatic heterocycles. The van der Waals surface area contributed by atoms with Gasteiger partial charge in [0.25, 0.3) is 5.69 Å². The first-order valence-corrected chi connectivity index (χ1v) is 12.6. The minimum Gasteiger partial charge on any atom is -0.314 e. The van der Waals surface area contributed by atoms with Gasteiger partial charge >= 0.3 is 0 Å². The van der Waals surface area contributed by atoms with Gasteiger partial charge in [-0.1, -0.05) is 71.8 Å². The van der Waals surface area contributed by atoms with Gasteiger partial charge in [0.1, 0.15) is 0 Å². The second kappa shape index (κ2) is 13.0. The van der Waals surface area contributed by atoms with Gasteiger partial charge in [-0.25, -0.2) is 0 Å². The highest BCUT2D eigenvalue weighted by atomic mass is 79.9. The Labute approximate surface area is 220 Å². The molecule has 1 N–H and O–H groups in total. The zero-order valence-electron chi connectivity index (χ0n) is 20.8. The summed E-state index contributed by atoms with van der Waals surface area (Å²) >= 11 is 0. The van der Waals surface area contributed by atoms with E-state index in [4.69, 9.17) is 0 Å². The molecule has 0 aliphatic heterocycles. The maximum atomic E-state index is 10.9. The number of aryl methyl sites for hydroxylation is 2. The molecule has 3 aromatic rings. The molecule has 0 radical (unpaired) electrons. The maximum absolute atomic E-state index is 10.9. The zero-order chi connectivity index (χ0) is 23.9. The Morgan fingerprint density at radius 1 is 0.829 bits per heavy atom. The summed E-state index contributed by atoms with van der Waals surface area (Å²) in [7, 11) is 0. The molecule has 1 aliphatic rings. The normalized spacial score (nSPS) is 17.7. The molecule has 0 amide bonds. The van der Waals surface area contributed by atoms with Crippen LogP contribution in [0.4, 0.5) is 5.69 Å². The predicted molar refractivity (Wildman–Crippen MR) is 150 cm³/mol. The summed E-state index contributed by atoms with van der Waals surface area (Å²) < 4.78 is 0. The monoisotopic (exact) mass is 536 g/mol. The fourth-order valence-corrected chi connectivity index (χ4v) is 5.23. The zero-order valence-corrected chi connectivity index (χ0v) is 22.5. The molecule has 0 saturated heterocycles. The third-order valence-corrected chi connectivity index (χ3v) is 7.36. The Bertz CT molecular complexity index is 1010. The maximum Gasteiger partial charge on any atom is 0.269 e. The van der Waals surface area contributed by atoms with E-state index in [0.717, 1.165) is 32.2 Å². The largest absolute Gasteiger partial charge is 0.314 e. The standard InChI is InChI=1S/C30H36N2O2.BrH/c1-22-5-9-26(10-6-22)30(27-11-7-23(2)8-12-27)4-3-21-31-28-17-13-24(14-18-28)25-15-19-29(20-16-25)32(33)34;/h5-12,15-16,19-20,24,28,30-31H,3-4,13-14,17-18,21H2,1-2H3;1H. The summed E-state index contributed by atoms with van der Waals surface area (Å²) in [6.07, 6.45) is 6.91. The molecule has 0 atom stereocenters. The number of non-ortho nitro benzene ring substituents is 1. The summed E-state index contributed by atoms with van der Waals surface area (Å²) in [4.78, 5) is 10.6. The summed E-state index contributed by atoms with van der Waals surface area (Å²) in [5, 5.41) is 14.7. The van der Waals surface area contributed by atoms with Crippen LogP contribution in [0.5, 0.6) is 0 Å². The Balaban J connectivity index is 0.00000342. The Morgan fingerprint density at radius 2 is 1.34 bits per heavy atom. The van der Waals surface area contributed by atoms with E-state index in [2.05, 4.69) is 67.7 Å². The van der Waals surface area contributed by atoms with Crippen molar-refractivity contribution in [1.29, 1.82) is 0 Å². The van der Waals surface area contributed by atoms with Crippen LogP contribution in [-0.4, -0.2) is 17.5 Å². The van der Waals surface area contributed by atoms with Gasteiger partial charge in [-0.3, -0.25) is 10.1 Å². The van der Waals surface area contributed by atoms with Crippen LogP contribution in [0.25, 0.3) is 0 Å². The van der Waals surface area contributed by atoms with E-state index in [-0.39, 0.29) is 27.6 Å². The molecule has 5 heteroatoms. The molecule has 4 nitrogen and oxygen atoms in total. The molecule has 1 saturated carbocycles. The molecule has 3 aromatic carbocycles. The topological polar surface area (TPSA) is 55.2 Å². The van der Waals surface area contributed by atoms with Gasteiger partial charge in [0.05, 0.1) is 4.92 Å². The molecular formula is C30H37BrN2O2. The summed E-state index contributed by atoms with van der Waals surface area (Å²) in [6.45, 7) is 5.33. The second-order valence-electron chi connectivity index (χ2n) is 9.87. The van der Waals surface area contributed by atoms with Crippen LogP contribution in [0.15, 0.2) is 72.8 Å². The number of hydrogen-bond donors (Lipinski definition) is 1. The van der Waals surface area contributed by atoms with Gasteiger partial charge < -0.3 is 5.32 Å². The number of nitro groups is 1. The van der Waals surface area contributed by atoms with Crippen LogP contribution in [-0.2, 0) is 0 Å². The van der Waals surface area contributed by atoms with E-state index >= 15 is 0 Å². The predicted octanol–water partition coefficient (Wildman–Crippen LogP) is 8.02. The second-order valence-corrected chi connectivity index (χ2v) is 9.87. The lowest BCUT2D eigenvalue weighted by Crippen LogP contribution is -2.33. The molecular weight excluding hydrogens is 500 g/mol. The molecule has 0 spiro atoms. The van der Waals surface area contributed by atoms with Gasteiger partial charge in [-0.15, -0.1) is 17.0 Å². The van der Waals surface area contributed by atoms with Crippen molar-refractivity contribution in [3.05, 3.63) is 111 Å².